The van der Waals surface area contributed by atoms with Crippen LogP contribution in [0.5, 0.6) is 11.5 Å². The van der Waals surface area contributed by atoms with Crippen LogP contribution in [0.25, 0.3) is 0 Å². The van der Waals surface area contributed by atoms with Crippen molar-refractivity contribution in [3.05, 3.63) is 51.5 Å². The minimum Gasteiger partial charge on any atom is -0.508 e. The number of nitrogens with one attached hydrogen (secondary N) is 1. The number of aromatic hydroxyl groups is 1. The zero-order valence-electron chi connectivity index (χ0n) is 11.9. The van der Waals surface area contributed by atoms with Crippen molar-refractivity contribution in [2.75, 3.05) is 12.4 Å². The second kappa shape index (κ2) is 7.05. The topological polar surface area (TPSA) is 41.5 Å². The number of methoxy groups -OCH3 is 1. The zero-order valence-corrected chi connectivity index (χ0v) is 14.2. The first-order chi connectivity index (χ1) is 10.0. The average molecular weight is 371 g/mol. The molecular weight excluding hydrogens is 354 g/mol. The van der Waals surface area contributed by atoms with Gasteiger partial charge in [-0.1, -0.05) is 34.5 Å². The molecule has 1 unspecified atom stereocenters. The summed E-state index contributed by atoms with van der Waals surface area (Å²) in [5, 5.41) is 14.1. The fraction of sp³-hybridized carbons (Fsp3) is 0.250. The summed E-state index contributed by atoms with van der Waals surface area (Å²) in [4.78, 5) is 0. The molecule has 0 aliphatic heterocycles. The lowest BCUT2D eigenvalue weighted by Crippen LogP contribution is -2.11. The Bertz CT molecular complexity index is 634. The van der Waals surface area contributed by atoms with E-state index in [1.54, 1.807) is 19.2 Å². The van der Waals surface area contributed by atoms with Gasteiger partial charge in [-0.2, -0.15) is 0 Å². The lowest BCUT2D eigenvalue weighted by Gasteiger charge is -2.21. The van der Waals surface area contributed by atoms with E-state index >= 15 is 0 Å². The van der Waals surface area contributed by atoms with Gasteiger partial charge in [0.25, 0.3) is 0 Å². The van der Waals surface area contributed by atoms with Gasteiger partial charge in [-0.05, 0) is 42.8 Å². The summed E-state index contributed by atoms with van der Waals surface area (Å²) in [5.41, 5.74) is 1.63. The molecule has 3 nitrogen and oxygen atoms in total. The van der Waals surface area contributed by atoms with Crippen LogP contribution in [0.3, 0.4) is 0 Å². The third-order valence-electron chi connectivity index (χ3n) is 3.26. The molecule has 0 spiro atoms. The monoisotopic (exact) mass is 369 g/mol. The number of halogens is 2. The predicted octanol–water partition coefficient (Wildman–Crippen LogP) is 5.38. The van der Waals surface area contributed by atoms with Gasteiger partial charge in [-0.25, -0.2) is 0 Å². The summed E-state index contributed by atoms with van der Waals surface area (Å²) in [6.45, 7) is 2.05. The van der Waals surface area contributed by atoms with Gasteiger partial charge in [-0.3, -0.25) is 0 Å². The van der Waals surface area contributed by atoms with Crippen LogP contribution in [0, 0.1) is 0 Å². The van der Waals surface area contributed by atoms with Gasteiger partial charge in [-0.15, -0.1) is 0 Å². The number of ether oxygens (including phenoxy) is 1. The molecule has 0 saturated heterocycles. The van der Waals surface area contributed by atoms with Crippen molar-refractivity contribution in [3.8, 4) is 11.5 Å². The Hall–Kier alpha value is -1.39. The molecule has 2 aromatic carbocycles. The Kier molecular flexibility index (Phi) is 5.37. The van der Waals surface area contributed by atoms with Crippen LogP contribution in [-0.2, 0) is 0 Å². The van der Waals surface area contributed by atoms with E-state index in [0.717, 1.165) is 22.1 Å². The number of phenols is 1. The SMILES string of the molecule is CCC(Nc1cc(Cl)ccc1OC)c1cc(Br)ccc1O. The van der Waals surface area contributed by atoms with Crippen LogP contribution in [0.4, 0.5) is 5.69 Å². The van der Waals surface area contributed by atoms with E-state index in [1.807, 2.05) is 24.3 Å². The van der Waals surface area contributed by atoms with Crippen molar-refractivity contribution in [1.29, 1.82) is 0 Å². The first kappa shape index (κ1) is 16.0. The highest BCUT2D eigenvalue weighted by Gasteiger charge is 2.16. The standard InChI is InChI=1S/C16H17BrClNO2/c1-3-13(12-8-10(17)4-6-15(12)20)19-14-9-11(18)5-7-16(14)21-2/h4-9,13,19-20H,3H2,1-2H3. The smallest absolute Gasteiger partial charge is 0.142 e. The minimum absolute atomic E-state index is 0.0464. The van der Waals surface area contributed by atoms with Crippen molar-refractivity contribution in [2.45, 2.75) is 19.4 Å². The number of rotatable bonds is 5. The lowest BCUT2D eigenvalue weighted by atomic mass is 10.0. The highest BCUT2D eigenvalue weighted by molar-refractivity contribution is 9.10. The fourth-order valence-electron chi connectivity index (χ4n) is 2.18. The average Bonchev–Trinajstić information content (AvgIpc) is 2.47. The van der Waals surface area contributed by atoms with Crippen molar-refractivity contribution in [3.63, 3.8) is 0 Å². The molecule has 0 bridgehead atoms. The van der Waals surface area contributed by atoms with E-state index in [9.17, 15) is 5.11 Å². The van der Waals surface area contributed by atoms with E-state index < -0.39 is 0 Å². The molecule has 0 saturated carbocycles. The Morgan fingerprint density at radius 2 is 2.05 bits per heavy atom. The second-order valence-corrected chi connectivity index (χ2v) is 6.01. The van der Waals surface area contributed by atoms with Crippen molar-refractivity contribution < 1.29 is 9.84 Å². The number of phenolic OH excluding ortho intramolecular Hbond substituents is 1. The maximum Gasteiger partial charge on any atom is 0.142 e. The Balaban J connectivity index is 2.35. The molecule has 2 N–H and O–H groups in total. The van der Waals surface area contributed by atoms with Gasteiger partial charge < -0.3 is 15.2 Å². The Labute approximate surface area is 138 Å². The summed E-state index contributed by atoms with van der Waals surface area (Å²) in [6, 6.07) is 10.8. The molecule has 1 atom stereocenters. The van der Waals surface area contributed by atoms with E-state index in [1.165, 1.54) is 0 Å². The van der Waals surface area contributed by atoms with Gasteiger partial charge in [0, 0.05) is 15.1 Å². The molecule has 0 radical (unpaired) electrons. The Morgan fingerprint density at radius 3 is 2.71 bits per heavy atom. The molecule has 0 aromatic heterocycles. The van der Waals surface area contributed by atoms with Gasteiger partial charge in [0.05, 0.1) is 18.8 Å². The van der Waals surface area contributed by atoms with Crippen molar-refractivity contribution in [1.82, 2.24) is 0 Å². The molecule has 0 aliphatic carbocycles. The highest BCUT2D eigenvalue weighted by atomic mass is 79.9. The van der Waals surface area contributed by atoms with Crippen LogP contribution in [0.15, 0.2) is 40.9 Å². The zero-order chi connectivity index (χ0) is 15.4. The summed E-state index contributed by atoms with van der Waals surface area (Å²) in [6.07, 6.45) is 0.805. The van der Waals surface area contributed by atoms with Crippen LogP contribution in [0.2, 0.25) is 5.02 Å². The molecule has 2 aromatic rings. The van der Waals surface area contributed by atoms with E-state index in [4.69, 9.17) is 16.3 Å². The summed E-state index contributed by atoms with van der Waals surface area (Å²) < 4.78 is 6.27. The summed E-state index contributed by atoms with van der Waals surface area (Å²) >= 11 is 9.48. The van der Waals surface area contributed by atoms with Crippen molar-refractivity contribution >= 4 is 33.2 Å². The first-order valence-electron chi connectivity index (χ1n) is 6.63. The fourth-order valence-corrected chi connectivity index (χ4v) is 2.74. The second-order valence-electron chi connectivity index (χ2n) is 4.65. The summed E-state index contributed by atoms with van der Waals surface area (Å²) in [7, 11) is 1.62. The molecule has 2 rings (SSSR count). The van der Waals surface area contributed by atoms with Crippen LogP contribution in [0.1, 0.15) is 24.9 Å². The number of hydrogen-bond acceptors (Lipinski definition) is 3. The molecule has 21 heavy (non-hydrogen) atoms. The van der Waals surface area contributed by atoms with Crippen LogP contribution in [-0.4, -0.2) is 12.2 Å². The van der Waals surface area contributed by atoms with Gasteiger partial charge in [0.15, 0.2) is 0 Å². The normalized spacial score (nSPS) is 12.0. The van der Waals surface area contributed by atoms with Gasteiger partial charge in [0.1, 0.15) is 11.5 Å². The summed E-state index contributed by atoms with van der Waals surface area (Å²) in [5.74, 6) is 0.978. The highest BCUT2D eigenvalue weighted by Crippen LogP contribution is 2.35. The van der Waals surface area contributed by atoms with Gasteiger partial charge in [0.2, 0.25) is 0 Å². The number of hydrogen-bond donors (Lipinski definition) is 2. The molecule has 112 valence electrons. The molecule has 0 heterocycles. The van der Waals surface area contributed by atoms with Crippen LogP contribution < -0.4 is 10.1 Å². The molecule has 5 heteroatoms. The minimum atomic E-state index is -0.0464. The third-order valence-corrected chi connectivity index (χ3v) is 3.99. The third kappa shape index (κ3) is 3.83. The quantitative estimate of drug-likeness (QED) is 0.742. The molecule has 0 fully saturated rings. The lowest BCUT2D eigenvalue weighted by molar-refractivity contribution is 0.415. The van der Waals surface area contributed by atoms with E-state index in [-0.39, 0.29) is 11.8 Å². The number of benzene rings is 2. The molecular formula is C16H17BrClNO2. The van der Waals surface area contributed by atoms with Crippen LogP contribution >= 0.6 is 27.5 Å². The van der Waals surface area contributed by atoms with Crippen molar-refractivity contribution in [2.24, 2.45) is 0 Å². The predicted molar refractivity (Wildman–Crippen MR) is 90.5 cm³/mol. The molecule has 0 amide bonds. The number of anilines is 1. The Morgan fingerprint density at radius 1 is 1.29 bits per heavy atom. The van der Waals surface area contributed by atoms with E-state index in [0.29, 0.717) is 10.8 Å². The molecule has 0 aliphatic rings. The van der Waals surface area contributed by atoms with Gasteiger partial charge >= 0.3 is 0 Å². The maximum atomic E-state index is 10.1. The van der Waals surface area contributed by atoms with E-state index in [2.05, 4.69) is 28.2 Å². The largest absolute Gasteiger partial charge is 0.508 e. The first-order valence-corrected chi connectivity index (χ1v) is 7.80. The maximum absolute atomic E-state index is 10.1.